The Labute approximate surface area is 139 Å². The third-order valence-corrected chi connectivity index (χ3v) is 4.48. The van der Waals surface area contributed by atoms with Gasteiger partial charge in [0.1, 0.15) is 13.2 Å². The number of amides is 1. The number of hydrogen-bond donors (Lipinski definition) is 1. The molecule has 0 unspecified atom stereocenters. The van der Waals surface area contributed by atoms with Crippen molar-refractivity contribution in [1.29, 1.82) is 0 Å². The summed E-state index contributed by atoms with van der Waals surface area (Å²) in [5, 5.41) is 0. The monoisotopic (exact) mass is 329 g/mol. The van der Waals surface area contributed by atoms with Crippen LogP contribution in [0, 0.1) is 5.92 Å². The maximum Gasteiger partial charge on any atom is 0.276 e. The van der Waals surface area contributed by atoms with Gasteiger partial charge in [-0.25, -0.2) is 4.98 Å². The summed E-state index contributed by atoms with van der Waals surface area (Å²) in [6.45, 7) is 3.01. The minimum Gasteiger partial charge on any atom is -0.486 e. The zero-order chi connectivity index (χ0) is 16.5. The standard InChI is InChI=1S/C17H19N3O4/c18-8-11-3-4-20(9-11)17(21)15-16(24-10-19-15)12-1-2-13-14(7-12)23-6-5-22-13/h1-2,7,10-11H,3-6,8-9,18H2/t11-/m1/s1. The normalized spacial score (nSPS) is 19.5. The van der Waals surface area contributed by atoms with Gasteiger partial charge in [0.05, 0.1) is 0 Å². The van der Waals surface area contributed by atoms with Crippen LogP contribution in [0.25, 0.3) is 11.3 Å². The van der Waals surface area contributed by atoms with Crippen molar-refractivity contribution in [3.8, 4) is 22.8 Å². The molecule has 1 aromatic carbocycles. The van der Waals surface area contributed by atoms with Crippen molar-refractivity contribution in [2.45, 2.75) is 6.42 Å². The lowest BCUT2D eigenvalue weighted by molar-refractivity contribution is 0.0783. The second-order valence-electron chi connectivity index (χ2n) is 6.03. The zero-order valence-corrected chi connectivity index (χ0v) is 13.2. The number of benzene rings is 1. The highest BCUT2D eigenvalue weighted by Crippen LogP contribution is 2.35. The maximum atomic E-state index is 12.8. The van der Waals surface area contributed by atoms with Crippen molar-refractivity contribution in [1.82, 2.24) is 9.88 Å². The van der Waals surface area contributed by atoms with Crippen molar-refractivity contribution in [3.05, 3.63) is 30.3 Å². The van der Waals surface area contributed by atoms with Crippen LogP contribution in [0.2, 0.25) is 0 Å². The summed E-state index contributed by atoms with van der Waals surface area (Å²) in [6, 6.07) is 5.48. The van der Waals surface area contributed by atoms with E-state index in [1.807, 2.05) is 18.2 Å². The second-order valence-corrected chi connectivity index (χ2v) is 6.03. The number of ether oxygens (including phenoxy) is 2. The van der Waals surface area contributed by atoms with E-state index in [2.05, 4.69) is 4.98 Å². The van der Waals surface area contributed by atoms with Crippen LogP contribution in [0.5, 0.6) is 11.5 Å². The number of hydrogen-bond acceptors (Lipinski definition) is 6. The number of fused-ring (bicyclic) bond motifs is 1. The van der Waals surface area contributed by atoms with Crippen molar-refractivity contribution in [3.63, 3.8) is 0 Å². The zero-order valence-electron chi connectivity index (χ0n) is 13.2. The molecule has 0 aliphatic carbocycles. The predicted molar refractivity (Wildman–Crippen MR) is 86.0 cm³/mol. The van der Waals surface area contributed by atoms with Crippen LogP contribution in [0.3, 0.4) is 0 Å². The SMILES string of the molecule is NC[C@H]1CCN(C(=O)c2ncoc2-c2ccc3c(c2)OCCO3)C1. The van der Waals surface area contributed by atoms with Gasteiger partial charge in [0, 0.05) is 18.7 Å². The quantitative estimate of drug-likeness (QED) is 0.918. The van der Waals surface area contributed by atoms with Gasteiger partial charge in [-0.1, -0.05) is 0 Å². The highest BCUT2D eigenvalue weighted by atomic mass is 16.6. The molecule has 7 heteroatoms. The Balaban J connectivity index is 1.62. The van der Waals surface area contributed by atoms with Crippen LogP contribution in [0.4, 0.5) is 0 Å². The molecule has 2 N–H and O–H groups in total. The number of rotatable bonds is 3. The summed E-state index contributed by atoms with van der Waals surface area (Å²) in [6.07, 6.45) is 2.23. The molecule has 1 atom stereocenters. The Morgan fingerprint density at radius 3 is 2.92 bits per heavy atom. The molecule has 126 valence electrons. The molecule has 1 saturated heterocycles. The van der Waals surface area contributed by atoms with Gasteiger partial charge in [0.15, 0.2) is 29.3 Å². The fraction of sp³-hybridized carbons (Fsp3) is 0.412. The molecule has 1 aromatic heterocycles. The molecule has 0 radical (unpaired) electrons. The van der Waals surface area contributed by atoms with Crippen molar-refractivity contribution < 1.29 is 18.7 Å². The highest BCUT2D eigenvalue weighted by molar-refractivity contribution is 5.97. The van der Waals surface area contributed by atoms with Crippen LogP contribution < -0.4 is 15.2 Å². The molecule has 0 bridgehead atoms. The van der Waals surface area contributed by atoms with E-state index in [1.165, 1.54) is 6.39 Å². The molecular weight excluding hydrogens is 310 g/mol. The van der Waals surface area contributed by atoms with E-state index in [4.69, 9.17) is 19.6 Å². The van der Waals surface area contributed by atoms with Gasteiger partial charge in [-0.05, 0) is 37.1 Å². The molecule has 24 heavy (non-hydrogen) atoms. The summed E-state index contributed by atoms with van der Waals surface area (Å²) in [5.74, 6) is 2.04. The van der Waals surface area contributed by atoms with Crippen LogP contribution >= 0.6 is 0 Å². The van der Waals surface area contributed by atoms with Crippen molar-refractivity contribution in [2.24, 2.45) is 11.7 Å². The minimum absolute atomic E-state index is 0.121. The first-order chi connectivity index (χ1) is 11.8. The lowest BCUT2D eigenvalue weighted by atomic mass is 10.1. The molecule has 2 aromatic rings. The molecule has 1 fully saturated rings. The summed E-state index contributed by atoms with van der Waals surface area (Å²) < 4.78 is 16.6. The van der Waals surface area contributed by atoms with E-state index in [0.717, 1.165) is 12.0 Å². The summed E-state index contributed by atoms with van der Waals surface area (Å²) in [4.78, 5) is 18.7. The Morgan fingerprint density at radius 2 is 2.12 bits per heavy atom. The molecule has 0 saturated carbocycles. The number of carbonyl (C=O) groups is 1. The summed E-state index contributed by atoms with van der Waals surface area (Å²) in [7, 11) is 0. The second kappa shape index (κ2) is 6.16. The van der Waals surface area contributed by atoms with Crippen LogP contribution in [-0.4, -0.2) is 48.6 Å². The highest BCUT2D eigenvalue weighted by Gasteiger charge is 2.30. The molecule has 1 amide bonds. The smallest absolute Gasteiger partial charge is 0.276 e. The van der Waals surface area contributed by atoms with Crippen molar-refractivity contribution in [2.75, 3.05) is 32.8 Å². The van der Waals surface area contributed by atoms with E-state index in [1.54, 1.807) is 4.90 Å². The molecule has 4 rings (SSSR count). The number of carbonyl (C=O) groups excluding carboxylic acids is 1. The van der Waals surface area contributed by atoms with Gasteiger partial charge < -0.3 is 24.5 Å². The molecule has 2 aliphatic rings. The first-order valence-corrected chi connectivity index (χ1v) is 8.09. The summed E-state index contributed by atoms with van der Waals surface area (Å²) >= 11 is 0. The number of aromatic nitrogens is 1. The lowest BCUT2D eigenvalue weighted by Gasteiger charge is -2.19. The summed E-state index contributed by atoms with van der Waals surface area (Å²) in [5.41, 5.74) is 6.77. The lowest BCUT2D eigenvalue weighted by Crippen LogP contribution is -2.30. The molecule has 7 nitrogen and oxygen atoms in total. The molecule has 0 spiro atoms. The van der Waals surface area contributed by atoms with E-state index < -0.39 is 0 Å². The fourth-order valence-electron chi connectivity index (χ4n) is 3.15. The number of oxazole rings is 1. The van der Waals surface area contributed by atoms with E-state index in [9.17, 15) is 4.79 Å². The van der Waals surface area contributed by atoms with E-state index >= 15 is 0 Å². The van der Waals surface area contributed by atoms with E-state index in [-0.39, 0.29) is 5.91 Å². The van der Waals surface area contributed by atoms with E-state index in [0.29, 0.717) is 61.7 Å². The van der Waals surface area contributed by atoms with Gasteiger partial charge in [-0.2, -0.15) is 0 Å². The molecular formula is C17H19N3O4. The van der Waals surface area contributed by atoms with Gasteiger partial charge in [0.2, 0.25) is 0 Å². The largest absolute Gasteiger partial charge is 0.486 e. The third-order valence-electron chi connectivity index (χ3n) is 4.48. The first-order valence-electron chi connectivity index (χ1n) is 8.09. The topological polar surface area (TPSA) is 90.8 Å². The predicted octanol–water partition coefficient (Wildman–Crippen LogP) is 1.53. The van der Waals surface area contributed by atoms with Crippen LogP contribution in [-0.2, 0) is 0 Å². The van der Waals surface area contributed by atoms with Gasteiger partial charge in [0.25, 0.3) is 5.91 Å². The Hall–Kier alpha value is -2.54. The number of likely N-dealkylation sites (tertiary alicyclic amines) is 1. The molecule has 3 heterocycles. The fourth-order valence-corrected chi connectivity index (χ4v) is 3.15. The third kappa shape index (κ3) is 2.60. The Bertz CT molecular complexity index is 758. The van der Waals surface area contributed by atoms with Gasteiger partial charge >= 0.3 is 0 Å². The van der Waals surface area contributed by atoms with Crippen LogP contribution in [0.1, 0.15) is 16.9 Å². The van der Waals surface area contributed by atoms with Crippen LogP contribution in [0.15, 0.2) is 29.0 Å². The Morgan fingerprint density at radius 1 is 1.29 bits per heavy atom. The number of nitrogens with two attached hydrogens (primary N) is 1. The van der Waals surface area contributed by atoms with Crippen molar-refractivity contribution >= 4 is 5.91 Å². The average molecular weight is 329 g/mol. The average Bonchev–Trinajstić information content (AvgIpc) is 3.30. The Kier molecular flexibility index (Phi) is 3.86. The van der Waals surface area contributed by atoms with Gasteiger partial charge in [-0.3, -0.25) is 4.79 Å². The molecule has 2 aliphatic heterocycles. The first kappa shape index (κ1) is 15.0. The van der Waals surface area contributed by atoms with Gasteiger partial charge in [-0.15, -0.1) is 0 Å². The maximum absolute atomic E-state index is 12.8. The minimum atomic E-state index is -0.121. The number of nitrogens with zero attached hydrogens (tertiary/aromatic N) is 2.